The highest BCUT2D eigenvalue weighted by Gasteiger charge is 2.31. The number of thiophene rings is 1. The van der Waals surface area contributed by atoms with Gasteiger partial charge in [-0.25, -0.2) is 9.78 Å². The van der Waals surface area contributed by atoms with Crippen LogP contribution in [0.4, 0.5) is 0 Å². The van der Waals surface area contributed by atoms with Gasteiger partial charge in [-0.05, 0) is 46.7 Å². The van der Waals surface area contributed by atoms with Crippen LogP contribution in [-0.4, -0.2) is 29.8 Å². The Labute approximate surface area is 160 Å². The summed E-state index contributed by atoms with van der Waals surface area (Å²) in [5.41, 5.74) is 3.36. The van der Waals surface area contributed by atoms with E-state index in [1.54, 1.807) is 35.6 Å². The van der Waals surface area contributed by atoms with E-state index in [1.165, 1.54) is 7.11 Å². The third-order valence-corrected chi connectivity index (χ3v) is 4.95. The predicted molar refractivity (Wildman–Crippen MR) is 100 cm³/mol. The number of aromatic hydroxyl groups is 1. The van der Waals surface area contributed by atoms with Gasteiger partial charge in [-0.15, -0.1) is 0 Å². The Morgan fingerprint density at radius 2 is 2.19 bits per heavy atom. The highest BCUT2D eigenvalue weighted by atomic mass is 32.1. The molecule has 7 heteroatoms. The van der Waals surface area contributed by atoms with Gasteiger partial charge in [0.05, 0.1) is 25.0 Å². The average molecular weight is 383 g/mol. The summed E-state index contributed by atoms with van der Waals surface area (Å²) < 4.78 is 16.0. The third kappa shape index (κ3) is 3.65. The summed E-state index contributed by atoms with van der Waals surface area (Å²) in [6.45, 7) is 0.698. The summed E-state index contributed by atoms with van der Waals surface area (Å²) in [5, 5.41) is 14.1. The maximum Gasteiger partial charge on any atom is 0.356 e. The predicted octanol–water partition coefficient (Wildman–Crippen LogP) is 3.95. The molecular weight excluding hydrogens is 366 g/mol. The zero-order chi connectivity index (χ0) is 18.8. The van der Waals surface area contributed by atoms with Crippen molar-refractivity contribution in [2.75, 3.05) is 13.7 Å². The maximum atomic E-state index is 11.9. The molecule has 6 nitrogen and oxygen atoms in total. The molecule has 138 valence electrons. The first-order chi connectivity index (χ1) is 13.2. The zero-order valence-electron chi connectivity index (χ0n) is 14.5. The van der Waals surface area contributed by atoms with Gasteiger partial charge in [-0.3, -0.25) is 0 Å². The standard InChI is InChI=1S/C20H17NO5S/c1-24-20(23)14-6-5-13(12-7-8-27-11-12)15(21-14)9-25-17-4-2-3-16(22)19(17)18-10-26-18/h2-8,11,18,22H,9-10H2,1H3. The number of benzene rings is 1. The van der Waals surface area contributed by atoms with E-state index in [2.05, 4.69) is 4.98 Å². The minimum Gasteiger partial charge on any atom is -0.507 e. The molecule has 1 fully saturated rings. The molecule has 1 N–H and O–H groups in total. The Kier molecular flexibility index (Phi) is 4.79. The van der Waals surface area contributed by atoms with Crippen molar-refractivity contribution in [2.24, 2.45) is 0 Å². The third-order valence-electron chi connectivity index (χ3n) is 4.26. The van der Waals surface area contributed by atoms with Gasteiger partial charge >= 0.3 is 5.97 Å². The number of hydrogen-bond acceptors (Lipinski definition) is 7. The molecule has 0 aliphatic carbocycles. The Balaban J connectivity index is 1.66. The summed E-state index contributed by atoms with van der Waals surface area (Å²) >= 11 is 1.58. The van der Waals surface area contributed by atoms with Gasteiger partial charge in [0.1, 0.15) is 29.9 Å². The van der Waals surface area contributed by atoms with Crippen molar-refractivity contribution in [3.05, 3.63) is 64.1 Å². The van der Waals surface area contributed by atoms with Crippen molar-refractivity contribution in [1.82, 2.24) is 4.98 Å². The highest BCUT2D eigenvalue weighted by Crippen LogP contribution is 2.42. The van der Waals surface area contributed by atoms with Crippen LogP contribution in [0.15, 0.2) is 47.2 Å². The largest absolute Gasteiger partial charge is 0.507 e. The Hall–Kier alpha value is -2.90. The van der Waals surface area contributed by atoms with Crippen LogP contribution in [0.3, 0.4) is 0 Å². The van der Waals surface area contributed by atoms with Gasteiger partial charge in [-0.1, -0.05) is 6.07 Å². The van der Waals surface area contributed by atoms with Crippen LogP contribution in [0.25, 0.3) is 11.1 Å². The molecular formula is C20H17NO5S. The van der Waals surface area contributed by atoms with E-state index in [4.69, 9.17) is 14.2 Å². The molecule has 1 aliphatic rings. The topological polar surface area (TPSA) is 81.2 Å². The van der Waals surface area contributed by atoms with Crippen LogP contribution in [0, 0.1) is 0 Å². The normalized spacial score (nSPS) is 15.4. The fourth-order valence-corrected chi connectivity index (χ4v) is 3.51. The number of aromatic nitrogens is 1. The number of hydrogen-bond donors (Lipinski definition) is 1. The maximum absolute atomic E-state index is 11.9. The van der Waals surface area contributed by atoms with Crippen LogP contribution in [0.2, 0.25) is 0 Å². The molecule has 1 atom stereocenters. The fraction of sp³-hybridized carbons (Fsp3) is 0.200. The zero-order valence-corrected chi connectivity index (χ0v) is 15.4. The first-order valence-electron chi connectivity index (χ1n) is 8.34. The second-order valence-electron chi connectivity index (χ2n) is 5.99. The first kappa shape index (κ1) is 17.5. The SMILES string of the molecule is COC(=O)c1ccc(-c2ccsc2)c(COc2cccc(O)c2C2CO2)n1. The number of phenols is 1. The number of pyridine rings is 1. The second-order valence-corrected chi connectivity index (χ2v) is 6.77. The van der Waals surface area contributed by atoms with Crippen molar-refractivity contribution in [3.63, 3.8) is 0 Å². The van der Waals surface area contributed by atoms with Crippen LogP contribution in [0.1, 0.15) is 27.8 Å². The molecule has 0 bridgehead atoms. The van der Waals surface area contributed by atoms with Crippen LogP contribution in [0.5, 0.6) is 11.5 Å². The first-order valence-corrected chi connectivity index (χ1v) is 9.28. The number of nitrogens with zero attached hydrogens (tertiary/aromatic N) is 1. The van der Waals surface area contributed by atoms with Crippen LogP contribution in [-0.2, 0) is 16.1 Å². The number of esters is 1. The Bertz CT molecular complexity index is 967. The quantitative estimate of drug-likeness (QED) is 0.513. The van der Waals surface area contributed by atoms with Gasteiger partial charge in [0.2, 0.25) is 0 Å². The van der Waals surface area contributed by atoms with E-state index in [1.807, 2.05) is 22.9 Å². The Morgan fingerprint density at radius 1 is 1.33 bits per heavy atom. The number of phenolic OH excluding ortho intramolecular Hbond substituents is 1. The number of carbonyl (C=O) groups excluding carboxylic acids is 1. The summed E-state index contributed by atoms with van der Waals surface area (Å²) in [6, 6.07) is 10.6. The molecule has 0 radical (unpaired) electrons. The summed E-state index contributed by atoms with van der Waals surface area (Å²) in [5.74, 6) is 0.181. The van der Waals surface area contributed by atoms with Gasteiger partial charge in [0, 0.05) is 5.56 Å². The summed E-state index contributed by atoms with van der Waals surface area (Å²) in [6.07, 6.45) is -0.146. The van der Waals surface area contributed by atoms with Crippen molar-refractivity contribution in [3.8, 4) is 22.6 Å². The molecule has 1 aromatic carbocycles. The molecule has 27 heavy (non-hydrogen) atoms. The van der Waals surface area contributed by atoms with E-state index in [0.29, 0.717) is 23.6 Å². The molecule has 3 aromatic rings. The molecule has 2 aromatic heterocycles. The second kappa shape index (κ2) is 7.38. The number of rotatable bonds is 6. The lowest BCUT2D eigenvalue weighted by molar-refractivity contribution is 0.0593. The summed E-state index contributed by atoms with van der Waals surface area (Å²) in [7, 11) is 1.32. The van der Waals surface area contributed by atoms with Crippen molar-refractivity contribution >= 4 is 17.3 Å². The van der Waals surface area contributed by atoms with E-state index in [9.17, 15) is 9.90 Å². The number of epoxide rings is 1. The smallest absolute Gasteiger partial charge is 0.356 e. The minimum absolute atomic E-state index is 0.138. The number of ether oxygens (including phenoxy) is 3. The van der Waals surface area contributed by atoms with Crippen molar-refractivity contribution < 1.29 is 24.1 Å². The van der Waals surface area contributed by atoms with Crippen LogP contribution < -0.4 is 4.74 Å². The lowest BCUT2D eigenvalue weighted by atomic mass is 10.1. The van der Waals surface area contributed by atoms with Gasteiger partial charge in [0.15, 0.2) is 0 Å². The van der Waals surface area contributed by atoms with E-state index in [-0.39, 0.29) is 24.2 Å². The molecule has 1 saturated heterocycles. The van der Waals surface area contributed by atoms with Gasteiger partial charge < -0.3 is 19.3 Å². The molecule has 1 aliphatic heterocycles. The molecule has 0 spiro atoms. The summed E-state index contributed by atoms with van der Waals surface area (Å²) in [4.78, 5) is 16.3. The molecule has 3 heterocycles. The van der Waals surface area contributed by atoms with Gasteiger partial charge in [0.25, 0.3) is 0 Å². The fourth-order valence-electron chi connectivity index (χ4n) is 2.85. The van der Waals surface area contributed by atoms with E-state index >= 15 is 0 Å². The highest BCUT2D eigenvalue weighted by molar-refractivity contribution is 7.08. The Morgan fingerprint density at radius 3 is 2.89 bits per heavy atom. The average Bonchev–Trinajstić information content (AvgIpc) is 3.38. The van der Waals surface area contributed by atoms with Crippen molar-refractivity contribution in [1.29, 1.82) is 0 Å². The molecule has 1 unspecified atom stereocenters. The number of methoxy groups -OCH3 is 1. The molecule has 0 amide bonds. The lowest BCUT2D eigenvalue weighted by Gasteiger charge is -2.14. The molecule has 4 rings (SSSR count). The van der Waals surface area contributed by atoms with E-state index < -0.39 is 5.97 Å². The van der Waals surface area contributed by atoms with Crippen molar-refractivity contribution in [2.45, 2.75) is 12.7 Å². The number of carbonyl (C=O) groups is 1. The van der Waals surface area contributed by atoms with Gasteiger partial charge in [-0.2, -0.15) is 11.3 Å². The lowest BCUT2D eigenvalue weighted by Crippen LogP contribution is -2.09. The van der Waals surface area contributed by atoms with E-state index in [0.717, 1.165) is 11.1 Å². The monoisotopic (exact) mass is 383 g/mol. The minimum atomic E-state index is -0.502. The van der Waals surface area contributed by atoms with Crippen LogP contribution >= 0.6 is 11.3 Å². The molecule has 0 saturated carbocycles.